The minimum atomic E-state index is -3.75. The van der Waals surface area contributed by atoms with Crippen LogP contribution >= 0.6 is 0 Å². The molecule has 0 spiro atoms. The van der Waals surface area contributed by atoms with Crippen LogP contribution in [-0.4, -0.2) is 60.1 Å². The lowest BCUT2D eigenvalue weighted by Crippen LogP contribution is -2.33. The highest BCUT2D eigenvalue weighted by atomic mass is 32.2. The molecule has 1 amide bonds. The molecule has 2 rings (SSSR count). The van der Waals surface area contributed by atoms with Crippen LogP contribution in [0.1, 0.15) is 18.4 Å². The van der Waals surface area contributed by atoms with Crippen LogP contribution in [0.15, 0.2) is 29.2 Å². The zero-order valence-electron chi connectivity index (χ0n) is 14.1. The van der Waals surface area contributed by atoms with Gasteiger partial charge in [0.1, 0.15) is 0 Å². The number of sulfonamides is 2. The molecule has 10 heteroatoms. The summed E-state index contributed by atoms with van der Waals surface area (Å²) in [6, 6.07) is 6.38. The maximum absolute atomic E-state index is 12.1. The number of likely N-dealkylation sites (tertiary alicyclic amines) is 1. The summed E-state index contributed by atoms with van der Waals surface area (Å²) in [5, 5.41) is 0. The first-order chi connectivity index (χ1) is 11.7. The minimum Gasteiger partial charge on any atom is -0.342 e. The van der Waals surface area contributed by atoms with Gasteiger partial charge in [0.15, 0.2) is 0 Å². The molecule has 0 aromatic heterocycles. The molecular formula is C15H23N3O5S2. The molecule has 25 heavy (non-hydrogen) atoms. The highest BCUT2D eigenvalue weighted by Gasteiger charge is 2.19. The topological polar surface area (TPSA) is 113 Å². The Labute approximate surface area is 148 Å². The summed E-state index contributed by atoms with van der Waals surface area (Å²) in [5.74, 6) is -0.162. The van der Waals surface area contributed by atoms with Crippen LogP contribution in [0.25, 0.3) is 0 Å². The molecule has 0 bridgehead atoms. The van der Waals surface area contributed by atoms with Crippen molar-refractivity contribution in [2.45, 2.75) is 24.2 Å². The molecule has 1 saturated heterocycles. The highest BCUT2D eigenvalue weighted by Crippen LogP contribution is 2.14. The largest absolute Gasteiger partial charge is 0.342 e. The van der Waals surface area contributed by atoms with E-state index in [1.54, 1.807) is 12.1 Å². The van der Waals surface area contributed by atoms with Gasteiger partial charge in [-0.25, -0.2) is 26.3 Å². The van der Waals surface area contributed by atoms with Crippen LogP contribution in [0.5, 0.6) is 0 Å². The molecule has 140 valence electrons. The van der Waals surface area contributed by atoms with E-state index in [9.17, 15) is 21.6 Å². The summed E-state index contributed by atoms with van der Waals surface area (Å²) in [6.45, 7) is 1.21. The Morgan fingerprint density at radius 3 is 2.36 bits per heavy atom. The average Bonchev–Trinajstić information content (AvgIpc) is 2.98. The fourth-order valence-electron chi connectivity index (χ4n) is 2.54. The molecule has 8 nitrogen and oxygen atoms in total. The Balaban J connectivity index is 1.90. The lowest BCUT2D eigenvalue weighted by molar-refractivity contribution is -0.127. The standard InChI is InChI=1S/C15H23N3O5S2/c1-16-24(20,21)12-9-17-25(22,23)14-6-4-13(5-7-14)8-11-18-10-2-3-15(18)19/h4-7,16-17H,2-3,8-12H2,1H3. The zero-order valence-corrected chi connectivity index (χ0v) is 15.7. The van der Waals surface area contributed by atoms with Crippen LogP contribution in [0, 0.1) is 0 Å². The molecule has 0 saturated carbocycles. The summed E-state index contributed by atoms with van der Waals surface area (Å²) in [4.78, 5) is 13.5. The maximum atomic E-state index is 12.1. The fraction of sp³-hybridized carbons (Fsp3) is 0.533. The van der Waals surface area contributed by atoms with E-state index in [1.165, 1.54) is 19.2 Å². The molecular weight excluding hydrogens is 366 g/mol. The van der Waals surface area contributed by atoms with Gasteiger partial charge in [0.05, 0.1) is 10.6 Å². The van der Waals surface area contributed by atoms with E-state index in [0.717, 1.165) is 18.5 Å². The second-order valence-corrected chi connectivity index (χ2v) is 9.61. The van der Waals surface area contributed by atoms with E-state index >= 15 is 0 Å². The molecule has 1 aliphatic heterocycles. The Morgan fingerprint density at radius 2 is 1.80 bits per heavy atom. The summed E-state index contributed by atoms with van der Waals surface area (Å²) in [7, 11) is -5.94. The first kappa shape index (κ1) is 19.8. The van der Waals surface area contributed by atoms with Gasteiger partial charge in [-0.2, -0.15) is 0 Å². The van der Waals surface area contributed by atoms with E-state index in [4.69, 9.17) is 0 Å². The smallest absolute Gasteiger partial charge is 0.240 e. The summed E-state index contributed by atoms with van der Waals surface area (Å²) < 4.78 is 51.3. The molecule has 2 N–H and O–H groups in total. The lowest BCUT2D eigenvalue weighted by atomic mass is 10.1. The van der Waals surface area contributed by atoms with E-state index in [2.05, 4.69) is 9.44 Å². The minimum absolute atomic E-state index is 0.0790. The predicted molar refractivity (Wildman–Crippen MR) is 94.0 cm³/mol. The van der Waals surface area contributed by atoms with Gasteiger partial charge in [0, 0.05) is 26.1 Å². The molecule has 1 aromatic carbocycles. The molecule has 1 aromatic rings. The highest BCUT2D eigenvalue weighted by molar-refractivity contribution is 7.90. The van der Waals surface area contributed by atoms with Crippen molar-refractivity contribution in [3.63, 3.8) is 0 Å². The lowest BCUT2D eigenvalue weighted by Gasteiger charge is -2.15. The number of hydrogen-bond acceptors (Lipinski definition) is 5. The monoisotopic (exact) mass is 389 g/mol. The van der Waals surface area contributed by atoms with Crippen molar-refractivity contribution < 1.29 is 21.6 Å². The van der Waals surface area contributed by atoms with Crippen molar-refractivity contribution in [1.29, 1.82) is 0 Å². The molecule has 0 radical (unpaired) electrons. The maximum Gasteiger partial charge on any atom is 0.240 e. The summed E-state index contributed by atoms with van der Waals surface area (Å²) in [6.07, 6.45) is 2.16. The van der Waals surface area contributed by atoms with E-state index < -0.39 is 20.0 Å². The van der Waals surface area contributed by atoms with Gasteiger partial charge in [-0.15, -0.1) is 0 Å². The Bertz CT molecular complexity index is 804. The molecule has 0 unspecified atom stereocenters. The van der Waals surface area contributed by atoms with Crippen LogP contribution < -0.4 is 9.44 Å². The van der Waals surface area contributed by atoms with Crippen molar-refractivity contribution in [1.82, 2.24) is 14.3 Å². The molecule has 0 atom stereocenters. The third kappa shape index (κ3) is 5.77. The van der Waals surface area contributed by atoms with Crippen LogP contribution in [-0.2, 0) is 31.3 Å². The van der Waals surface area contributed by atoms with E-state index in [0.29, 0.717) is 19.4 Å². The number of benzene rings is 1. The number of nitrogens with zero attached hydrogens (tertiary/aromatic N) is 1. The number of carbonyl (C=O) groups excluding carboxylic acids is 1. The molecule has 1 heterocycles. The van der Waals surface area contributed by atoms with Crippen molar-refractivity contribution in [3.8, 4) is 0 Å². The summed E-state index contributed by atoms with van der Waals surface area (Å²) >= 11 is 0. The van der Waals surface area contributed by atoms with Gasteiger partial charge in [-0.1, -0.05) is 12.1 Å². The van der Waals surface area contributed by atoms with Crippen molar-refractivity contribution in [2.75, 3.05) is 32.4 Å². The normalized spacial score (nSPS) is 15.7. The van der Waals surface area contributed by atoms with Crippen molar-refractivity contribution in [2.24, 2.45) is 0 Å². The quantitative estimate of drug-likeness (QED) is 0.601. The van der Waals surface area contributed by atoms with E-state index in [1.807, 2.05) is 4.90 Å². The Hall–Kier alpha value is -1.49. The number of hydrogen-bond donors (Lipinski definition) is 2. The Morgan fingerprint density at radius 1 is 1.12 bits per heavy atom. The Kier molecular flexibility index (Phi) is 6.55. The number of rotatable bonds is 9. The molecule has 1 aliphatic rings. The van der Waals surface area contributed by atoms with Gasteiger partial charge in [-0.3, -0.25) is 4.79 Å². The third-order valence-electron chi connectivity index (χ3n) is 4.05. The van der Waals surface area contributed by atoms with Gasteiger partial charge >= 0.3 is 0 Å². The second-order valence-electron chi connectivity index (χ2n) is 5.80. The zero-order chi connectivity index (χ0) is 18.5. The summed E-state index contributed by atoms with van der Waals surface area (Å²) in [5.41, 5.74) is 0.941. The SMILES string of the molecule is CNS(=O)(=O)CCNS(=O)(=O)c1ccc(CCN2CCCC2=O)cc1. The third-order valence-corrected chi connectivity index (χ3v) is 6.89. The predicted octanol–water partition coefficient (Wildman–Crippen LogP) is -0.321. The van der Waals surface area contributed by atoms with Crippen LogP contribution in [0.2, 0.25) is 0 Å². The fourth-order valence-corrected chi connectivity index (χ4v) is 4.27. The van der Waals surface area contributed by atoms with E-state index in [-0.39, 0.29) is 23.1 Å². The second kappa shape index (κ2) is 8.26. The van der Waals surface area contributed by atoms with Crippen LogP contribution in [0.3, 0.4) is 0 Å². The number of amides is 1. The molecule has 1 fully saturated rings. The van der Waals surface area contributed by atoms with Crippen LogP contribution in [0.4, 0.5) is 0 Å². The average molecular weight is 389 g/mol. The first-order valence-corrected chi connectivity index (χ1v) is 11.1. The molecule has 0 aliphatic carbocycles. The van der Waals surface area contributed by atoms with Gasteiger partial charge in [0.2, 0.25) is 26.0 Å². The first-order valence-electron chi connectivity index (χ1n) is 8.01. The van der Waals surface area contributed by atoms with Gasteiger partial charge in [0.25, 0.3) is 0 Å². The van der Waals surface area contributed by atoms with Gasteiger partial charge in [-0.05, 0) is 37.6 Å². The van der Waals surface area contributed by atoms with Gasteiger partial charge < -0.3 is 4.90 Å². The number of nitrogens with one attached hydrogen (secondary N) is 2. The van der Waals surface area contributed by atoms with Crippen molar-refractivity contribution >= 4 is 26.0 Å². The van der Waals surface area contributed by atoms with Crippen molar-refractivity contribution in [3.05, 3.63) is 29.8 Å². The number of carbonyl (C=O) groups is 1.